The molecule has 0 aliphatic carbocycles. The summed E-state index contributed by atoms with van der Waals surface area (Å²) < 4.78 is 4.48. The molecule has 0 radical (unpaired) electrons. The minimum absolute atomic E-state index is 0.0735. The van der Waals surface area contributed by atoms with Crippen molar-refractivity contribution in [2.45, 2.75) is 6.61 Å². The van der Waals surface area contributed by atoms with Gasteiger partial charge in [0.05, 0.1) is 19.3 Å². The first kappa shape index (κ1) is 11.0. The number of methoxy groups -OCH3 is 1. The molecule has 0 spiro atoms. The summed E-state index contributed by atoms with van der Waals surface area (Å²) in [6.45, 7) is -0.512. The van der Waals surface area contributed by atoms with E-state index in [-0.39, 0.29) is 22.4 Å². The largest absolute Gasteiger partial charge is 0.507 e. The highest BCUT2D eigenvalue weighted by molar-refractivity contribution is 5.92. The number of nitrogens with zero attached hydrogens (tertiary/aromatic N) is 1. The number of rotatable bonds is 2. The van der Waals surface area contributed by atoms with Gasteiger partial charge in [-0.05, 0) is 12.1 Å². The van der Waals surface area contributed by atoms with Crippen molar-refractivity contribution in [2.24, 2.45) is 0 Å². The fourth-order valence-corrected chi connectivity index (χ4v) is 1.23. The summed E-state index contributed by atoms with van der Waals surface area (Å²) in [5, 5.41) is 27.1. The number of hydrogen-bond acceptors (Lipinski definition) is 5. The SMILES string of the molecule is COC(=O)c1ccc(O)c(C#N)c1CO. The van der Waals surface area contributed by atoms with Crippen LogP contribution < -0.4 is 0 Å². The van der Waals surface area contributed by atoms with Gasteiger partial charge in [0.2, 0.25) is 0 Å². The molecule has 5 heteroatoms. The van der Waals surface area contributed by atoms with Crippen LogP contribution in [0.5, 0.6) is 5.75 Å². The highest BCUT2D eigenvalue weighted by Crippen LogP contribution is 2.24. The third kappa shape index (κ3) is 1.90. The Balaban J connectivity index is 3.43. The Morgan fingerprint density at radius 2 is 2.27 bits per heavy atom. The number of aliphatic hydroxyl groups excluding tert-OH is 1. The van der Waals surface area contributed by atoms with Crippen molar-refractivity contribution in [3.63, 3.8) is 0 Å². The lowest BCUT2D eigenvalue weighted by atomic mass is 10.0. The zero-order valence-corrected chi connectivity index (χ0v) is 8.02. The zero-order chi connectivity index (χ0) is 11.4. The summed E-state index contributed by atoms with van der Waals surface area (Å²) in [4.78, 5) is 11.2. The summed E-state index contributed by atoms with van der Waals surface area (Å²) >= 11 is 0. The molecule has 0 bridgehead atoms. The Bertz CT molecular complexity index is 434. The second-order valence-electron chi connectivity index (χ2n) is 2.75. The molecular weight excluding hydrogens is 198 g/mol. The fraction of sp³-hybridized carbons (Fsp3) is 0.200. The standard InChI is InChI=1S/C10H9NO4/c1-15-10(14)6-2-3-9(13)7(4-11)8(6)5-12/h2-3,12-13H,5H2,1H3. The van der Waals surface area contributed by atoms with E-state index in [0.29, 0.717) is 0 Å². The van der Waals surface area contributed by atoms with Crippen LogP contribution in [0.1, 0.15) is 21.5 Å². The van der Waals surface area contributed by atoms with Gasteiger partial charge in [0.15, 0.2) is 0 Å². The topological polar surface area (TPSA) is 90.5 Å². The van der Waals surface area contributed by atoms with Gasteiger partial charge in [-0.25, -0.2) is 4.79 Å². The van der Waals surface area contributed by atoms with E-state index in [1.54, 1.807) is 6.07 Å². The number of aromatic hydroxyl groups is 1. The van der Waals surface area contributed by atoms with Gasteiger partial charge in [0, 0.05) is 5.56 Å². The maximum absolute atomic E-state index is 11.2. The van der Waals surface area contributed by atoms with Gasteiger partial charge in [-0.3, -0.25) is 0 Å². The van der Waals surface area contributed by atoms with Gasteiger partial charge < -0.3 is 14.9 Å². The molecule has 0 heterocycles. The van der Waals surface area contributed by atoms with E-state index in [1.807, 2.05) is 0 Å². The summed E-state index contributed by atoms with van der Waals surface area (Å²) in [6.07, 6.45) is 0. The number of phenolic OH excluding ortho intramolecular Hbond substituents is 1. The molecule has 15 heavy (non-hydrogen) atoms. The van der Waals surface area contributed by atoms with Crippen molar-refractivity contribution in [3.8, 4) is 11.8 Å². The molecule has 1 rings (SSSR count). The van der Waals surface area contributed by atoms with E-state index < -0.39 is 12.6 Å². The second kappa shape index (κ2) is 4.44. The molecule has 5 nitrogen and oxygen atoms in total. The van der Waals surface area contributed by atoms with Gasteiger partial charge in [0.25, 0.3) is 0 Å². The van der Waals surface area contributed by atoms with Crippen LogP contribution in [0.25, 0.3) is 0 Å². The third-order valence-corrected chi connectivity index (χ3v) is 1.97. The Morgan fingerprint density at radius 1 is 1.60 bits per heavy atom. The normalized spacial score (nSPS) is 9.40. The van der Waals surface area contributed by atoms with E-state index in [4.69, 9.17) is 10.4 Å². The lowest BCUT2D eigenvalue weighted by Crippen LogP contribution is -2.07. The average Bonchev–Trinajstić information content (AvgIpc) is 2.27. The smallest absolute Gasteiger partial charge is 0.338 e. The average molecular weight is 207 g/mol. The molecule has 0 atom stereocenters. The summed E-state index contributed by atoms with van der Waals surface area (Å²) in [7, 11) is 1.20. The van der Waals surface area contributed by atoms with Gasteiger partial charge in [-0.15, -0.1) is 0 Å². The van der Waals surface area contributed by atoms with Crippen molar-refractivity contribution in [1.82, 2.24) is 0 Å². The molecule has 2 N–H and O–H groups in total. The number of carbonyl (C=O) groups is 1. The highest BCUT2D eigenvalue weighted by atomic mass is 16.5. The van der Waals surface area contributed by atoms with Gasteiger partial charge in [-0.2, -0.15) is 5.26 Å². The first-order valence-corrected chi connectivity index (χ1v) is 4.09. The van der Waals surface area contributed by atoms with Crippen LogP contribution in [-0.2, 0) is 11.3 Å². The fourth-order valence-electron chi connectivity index (χ4n) is 1.23. The van der Waals surface area contributed by atoms with E-state index in [9.17, 15) is 9.90 Å². The van der Waals surface area contributed by atoms with Crippen LogP contribution in [0.2, 0.25) is 0 Å². The first-order chi connectivity index (χ1) is 7.15. The van der Waals surface area contributed by atoms with Crippen molar-refractivity contribution < 1.29 is 19.7 Å². The van der Waals surface area contributed by atoms with Gasteiger partial charge in [-0.1, -0.05) is 0 Å². The maximum Gasteiger partial charge on any atom is 0.338 e. The molecule has 0 aliphatic heterocycles. The lowest BCUT2D eigenvalue weighted by molar-refractivity contribution is 0.0597. The predicted molar refractivity (Wildman–Crippen MR) is 50.1 cm³/mol. The van der Waals surface area contributed by atoms with E-state index >= 15 is 0 Å². The molecule has 0 fully saturated rings. The van der Waals surface area contributed by atoms with Crippen LogP contribution in [0.15, 0.2) is 12.1 Å². The van der Waals surface area contributed by atoms with Crippen molar-refractivity contribution in [3.05, 3.63) is 28.8 Å². The van der Waals surface area contributed by atoms with Crippen LogP contribution >= 0.6 is 0 Å². The molecule has 0 unspecified atom stereocenters. The number of benzene rings is 1. The third-order valence-electron chi connectivity index (χ3n) is 1.97. The number of phenols is 1. The van der Waals surface area contributed by atoms with Gasteiger partial charge >= 0.3 is 5.97 Å². The Kier molecular flexibility index (Phi) is 3.26. The second-order valence-corrected chi connectivity index (χ2v) is 2.75. The van der Waals surface area contributed by atoms with Crippen molar-refractivity contribution in [2.75, 3.05) is 7.11 Å². The molecule has 0 saturated carbocycles. The molecule has 0 saturated heterocycles. The predicted octanol–water partition coefficient (Wildman–Crippen LogP) is 0.543. The monoisotopic (exact) mass is 207 g/mol. The van der Waals surface area contributed by atoms with Crippen LogP contribution in [0.4, 0.5) is 0 Å². The summed E-state index contributed by atoms with van der Waals surface area (Å²) in [5.41, 5.74) is 0.0408. The summed E-state index contributed by atoms with van der Waals surface area (Å²) in [5.74, 6) is -0.926. The van der Waals surface area contributed by atoms with Crippen molar-refractivity contribution in [1.29, 1.82) is 5.26 Å². The molecular formula is C10H9NO4. The van der Waals surface area contributed by atoms with E-state index in [0.717, 1.165) is 0 Å². The number of carbonyl (C=O) groups excluding carboxylic acids is 1. The molecule has 0 aromatic heterocycles. The maximum atomic E-state index is 11.2. The summed E-state index contributed by atoms with van der Waals surface area (Å²) in [6, 6.07) is 4.23. The quantitative estimate of drug-likeness (QED) is 0.691. The van der Waals surface area contributed by atoms with Crippen LogP contribution in [0, 0.1) is 11.3 Å². The number of nitriles is 1. The lowest BCUT2D eigenvalue weighted by Gasteiger charge is -2.08. The Hall–Kier alpha value is -2.06. The molecule has 0 amide bonds. The number of aliphatic hydroxyl groups is 1. The minimum atomic E-state index is -0.657. The first-order valence-electron chi connectivity index (χ1n) is 4.09. The van der Waals surface area contributed by atoms with Crippen molar-refractivity contribution >= 4 is 5.97 Å². The van der Waals surface area contributed by atoms with Gasteiger partial charge in [0.1, 0.15) is 17.4 Å². The molecule has 78 valence electrons. The zero-order valence-electron chi connectivity index (χ0n) is 8.02. The van der Waals surface area contributed by atoms with Crippen LogP contribution in [-0.4, -0.2) is 23.3 Å². The number of hydrogen-bond donors (Lipinski definition) is 2. The molecule has 0 aliphatic rings. The Labute approximate surface area is 86.1 Å². The number of esters is 1. The highest BCUT2D eigenvalue weighted by Gasteiger charge is 2.17. The minimum Gasteiger partial charge on any atom is -0.507 e. The van der Waals surface area contributed by atoms with E-state index in [2.05, 4.69) is 4.74 Å². The Morgan fingerprint density at radius 3 is 2.73 bits per heavy atom. The number of ether oxygens (including phenoxy) is 1. The van der Waals surface area contributed by atoms with Crippen LogP contribution in [0.3, 0.4) is 0 Å². The molecule has 1 aromatic carbocycles. The molecule has 1 aromatic rings. The van der Waals surface area contributed by atoms with E-state index in [1.165, 1.54) is 19.2 Å².